The molecule has 0 amide bonds. The molecule has 0 aliphatic carbocycles. The van der Waals surface area contributed by atoms with Crippen molar-refractivity contribution in [2.45, 2.75) is 26.2 Å². The maximum Gasteiger partial charge on any atom is 0.00207 e. The molecule has 1 nitrogen and oxygen atoms in total. The summed E-state index contributed by atoms with van der Waals surface area (Å²) < 4.78 is 0. The lowest BCUT2D eigenvalue weighted by Gasteiger charge is -2.15. The summed E-state index contributed by atoms with van der Waals surface area (Å²) in [5.74, 6) is 0.698. The van der Waals surface area contributed by atoms with E-state index in [2.05, 4.69) is 43.9 Å². The molecule has 0 bridgehead atoms. The molecule has 1 aliphatic rings. The van der Waals surface area contributed by atoms with E-state index >= 15 is 0 Å². The highest BCUT2D eigenvalue weighted by molar-refractivity contribution is 5.65. The second kappa shape index (κ2) is 4.19. The summed E-state index contributed by atoms with van der Waals surface area (Å²) in [5, 5.41) is 3.42. The third kappa shape index (κ3) is 1.98. The van der Waals surface area contributed by atoms with Crippen molar-refractivity contribution >= 4 is 5.57 Å². The Labute approximate surface area is 92.2 Å². The Morgan fingerprint density at radius 2 is 2.27 bits per heavy atom. The minimum Gasteiger partial charge on any atom is -0.316 e. The lowest BCUT2D eigenvalue weighted by molar-refractivity contribution is 0.757. The molecule has 1 saturated heterocycles. The topological polar surface area (TPSA) is 12.0 Å². The van der Waals surface area contributed by atoms with Gasteiger partial charge < -0.3 is 5.32 Å². The predicted octanol–water partition coefficient (Wildman–Crippen LogP) is 3.11. The van der Waals surface area contributed by atoms with Crippen LogP contribution in [0.1, 0.15) is 36.0 Å². The van der Waals surface area contributed by atoms with Crippen molar-refractivity contribution in [2.24, 2.45) is 0 Å². The molecule has 1 heteroatoms. The molecule has 1 atom stereocenters. The molecule has 1 N–H and O–H groups in total. The van der Waals surface area contributed by atoms with Crippen molar-refractivity contribution in [3.8, 4) is 0 Å². The van der Waals surface area contributed by atoms with Gasteiger partial charge >= 0.3 is 0 Å². The molecule has 1 unspecified atom stereocenters. The molecule has 2 rings (SSSR count). The molecule has 0 radical (unpaired) electrons. The molecule has 1 aromatic carbocycles. The zero-order valence-corrected chi connectivity index (χ0v) is 9.64. The number of hydrogen-bond donors (Lipinski definition) is 1. The van der Waals surface area contributed by atoms with Gasteiger partial charge in [0.2, 0.25) is 0 Å². The molecular weight excluding hydrogens is 182 g/mol. The summed E-state index contributed by atoms with van der Waals surface area (Å²) in [4.78, 5) is 0. The quantitative estimate of drug-likeness (QED) is 0.775. The van der Waals surface area contributed by atoms with Crippen molar-refractivity contribution in [1.29, 1.82) is 0 Å². The van der Waals surface area contributed by atoms with E-state index in [1.165, 1.54) is 28.7 Å². The van der Waals surface area contributed by atoms with E-state index in [4.69, 9.17) is 0 Å². The number of allylic oxidation sites excluding steroid dienone is 1. The van der Waals surface area contributed by atoms with Crippen molar-refractivity contribution in [3.63, 3.8) is 0 Å². The Balaban J connectivity index is 2.39. The fraction of sp³-hybridized carbons (Fsp3) is 0.429. The highest BCUT2D eigenvalue weighted by Crippen LogP contribution is 2.29. The second-order valence-corrected chi connectivity index (χ2v) is 4.49. The van der Waals surface area contributed by atoms with Crippen LogP contribution in [0.4, 0.5) is 0 Å². The van der Waals surface area contributed by atoms with E-state index in [0.717, 1.165) is 13.1 Å². The Kier molecular flexibility index (Phi) is 2.92. The van der Waals surface area contributed by atoms with Gasteiger partial charge in [0.25, 0.3) is 0 Å². The van der Waals surface area contributed by atoms with E-state index in [1.807, 2.05) is 0 Å². The lowest BCUT2D eigenvalue weighted by atomic mass is 9.89. The van der Waals surface area contributed by atoms with Crippen molar-refractivity contribution < 1.29 is 0 Å². The highest BCUT2D eigenvalue weighted by atomic mass is 14.9. The molecule has 0 saturated carbocycles. The standard InChI is InChI=1S/C14H19N/c1-10(2)13-5-4-6-14(11(13)3)12-7-8-15-9-12/h4-6,12,15H,1,7-9H2,2-3H3. The maximum absolute atomic E-state index is 4.04. The summed E-state index contributed by atoms with van der Waals surface area (Å²) >= 11 is 0. The van der Waals surface area contributed by atoms with Gasteiger partial charge in [-0.05, 0) is 49.4 Å². The lowest BCUT2D eigenvalue weighted by Crippen LogP contribution is -2.09. The first-order valence-corrected chi connectivity index (χ1v) is 5.66. The minimum absolute atomic E-state index is 0.698. The third-order valence-corrected chi connectivity index (χ3v) is 3.34. The monoisotopic (exact) mass is 201 g/mol. The van der Waals surface area contributed by atoms with E-state index in [-0.39, 0.29) is 0 Å². The molecule has 1 heterocycles. The van der Waals surface area contributed by atoms with E-state index in [0.29, 0.717) is 5.92 Å². The van der Waals surface area contributed by atoms with Gasteiger partial charge in [-0.1, -0.05) is 30.4 Å². The van der Waals surface area contributed by atoms with Crippen LogP contribution in [0, 0.1) is 6.92 Å². The van der Waals surface area contributed by atoms with Gasteiger partial charge in [0.15, 0.2) is 0 Å². The number of hydrogen-bond acceptors (Lipinski definition) is 1. The maximum atomic E-state index is 4.04. The zero-order valence-electron chi connectivity index (χ0n) is 9.64. The van der Waals surface area contributed by atoms with Crippen LogP contribution in [0.25, 0.3) is 5.57 Å². The summed E-state index contributed by atoms with van der Waals surface area (Å²) in [6.45, 7) is 10.6. The van der Waals surface area contributed by atoms with Gasteiger partial charge in [-0.2, -0.15) is 0 Å². The summed E-state index contributed by atoms with van der Waals surface area (Å²) in [5.41, 5.74) is 5.40. The van der Waals surface area contributed by atoms with Crippen LogP contribution >= 0.6 is 0 Å². The Morgan fingerprint density at radius 3 is 2.87 bits per heavy atom. The van der Waals surface area contributed by atoms with Crippen LogP contribution in [-0.4, -0.2) is 13.1 Å². The molecule has 0 aromatic heterocycles. The van der Waals surface area contributed by atoms with E-state index in [1.54, 1.807) is 0 Å². The number of nitrogens with one attached hydrogen (secondary N) is 1. The van der Waals surface area contributed by atoms with Crippen LogP contribution in [0.2, 0.25) is 0 Å². The molecule has 1 aliphatic heterocycles. The number of benzene rings is 1. The third-order valence-electron chi connectivity index (χ3n) is 3.34. The van der Waals surface area contributed by atoms with Crippen LogP contribution in [0.15, 0.2) is 24.8 Å². The molecule has 80 valence electrons. The molecular formula is C14H19N. The van der Waals surface area contributed by atoms with Crippen LogP contribution < -0.4 is 5.32 Å². The largest absolute Gasteiger partial charge is 0.316 e. The Bertz CT molecular complexity index is 373. The first-order chi connectivity index (χ1) is 7.20. The Hall–Kier alpha value is -1.08. The van der Waals surface area contributed by atoms with E-state index in [9.17, 15) is 0 Å². The van der Waals surface area contributed by atoms with Gasteiger partial charge in [0.05, 0.1) is 0 Å². The molecule has 1 fully saturated rings. The van der Waals surface area contributed by atoms with Gasteiger partial charge in [0.1, 0.15) is 0 Å². The van der Waals surface area contributed by atoms with Crippen LogP contribution in [-0.2, 0) is 0 Å². The average Bonchev–Trinajstić information content (AvgIpc) is 2.70. The first kappa shape index (κ1) is 10.4. The van der Waals surface area contributed by atoms with Gasteiger partial charge in [-0.15, -0.1) is 0 Å². The van der Waals surface area contributed by atoms with Gasteiger partial charge in [-0.3, -0.25) is 0 Å². The first-order valence-electron chi connectivity index (χ1n) is 5.66. The summed E-state index contributed by atoms with van der Waals surface area (Å²) in [7, 11) is 0. The smallest absolute Gasteiger partial charge is 0.00207 e. The minimum atomic E-state index is 0.698. The fourth-order valence-electron chi connectivity index (χ4n) is 2.48. The Morgan fingerprint density at radius 1 is 1.47 bits per heavy atom. The number of rotatable bonds is 2. The van der Waals surface area contributed by atoms with Crippen LogP contribution in [0.3, 0.4) is 0 Å². The molecule has 1 aromatic rings. The SMILES string of the molecule is C=C(C)c1cccc(C2CCNC2)c1C. The van der Waals surface area contributed by atoms with E-state index < -0.39 is 0 Å². The van der Waals surface area contributed by atoms with Crippen molar-refractivity contribution in [3.05, 3.63) is 41.5 Å². The van der Waals surface area contributed by atoms with Crippen molar-refractivity contribution in [1.82, 2.24) is 5.32 Å². The molecule has 0 spiro atoms. The molecule has 15 heavy (non-hydrogen) atoms. The highest BCUT2D eigenvalue weighted by Gasteiger charge is 2.19. The normalized spacial score (nSPS) is 20.5. The summed E-state index contributed by atoms with van der Waals surface area (Å²) in [6.07, 6.45) is 1.26. The van der Waals surface area contributed by atoms with Crippen molar-refractivity contribution in [2.75, 3.05) is 13.1 Å². The fourth-order valence-corrected chi connectivity index (χ4v) is 2.48. The average molecular weight is 201 g/mol. The van der Waals surface area contributed by atoms with Gasteiger partial charge in [0, 0.05) is 6.54 Å². The second-order valence-electron chi connectivity index (χ2n) is 4.49. The summed E-state index contributed by atoms with van der Waals surface area (Å²) in [6, 6.07) is 6.59. The predicted molar refractivity (Wildman–Crippen MR) is 66.1 cm³/mol. The van der Waals surface area contributed by atoms with Crippen LogP contribution in [0.5, 0.6) is 0 Å². The zero-order chi connectivity index (χ0) is 10.8. The van der Waals surface area contributed by atoms with Gasteiger partial charge in [-0.25, -0.2) is 0 Å².